The Balaban J connectivity index is 1.92. The molecular weight excluding hydrogens is 260 g/mol. The topological polar surface area (TPSA) is 58.1 Å². The first kappa shape index (κ1) is 12.3. The van der Waals surface area contributed by atoms with E-state index in [1.165, 1.54) is 4.88 Å². The molecule has 0 radical (unpaired) electrons. The van der Waals surface area contributed by atoms with Crippen LogP contribution in [0.2, 0.25) is 0 Å². The average Bonchev–Trinajstić information content (AvgIpc) is 2.97. The zero-order valence-corrected chi connectivity index (χ0v) is 11.8. The summed E-state index contributed by atoms with van der Waals surface area (Å²) >= 11 is 1.68. The van der Waals surface area contributed by atoms with Crippen LogP contribution in [-0.2, 0) is 11.2 Å². The van der Waals surface area contributed by atoms with E-state index >= 15 is 0 Å². The summed E-state index contributed by atoms with van der Waals surface area (Å²) in [5.74, 6) is 0.910. The first-order chi connectivity index (χ1) is 9.19. The molecule has 1 unspecified atom stereocenters. The fourth-order valence-corrected chi connectivity index (χ4v) is 3.25. The van der Waals surface area contributed by atoms with E-state index in [0.29, 0.717) is 0 Å². The molecule has 1 aliphatic heterocycles. The van der Waals surface area contributed by atoms with Gasteiger partial charge < -0.3 is 10.2 Å². The maximum absolute atomic E-state index is 11.9. The summed E-state index contributed by atoms with van der Waals surface area (Å²) in [6.07, 6.45) is 3.38. The Labute approximate surface area is 115 Å². The van der Waals surface area contributed by atoms with E-state index < -0.39 is 0 Å². The first-order valence-electron chi connectivity index (χ1n) is 6.44. The number of likely N-dealkylation sites (N-methyl/N-ethyl adjacent to an activating group) is 1. The normalized spacial score (nSPS) is 19.4. The van der Waals surface area contributed by atoms with Crippen LogP contribution >= 0.6 is 11.3 Å². The number of thiophene rings is 1. The lowest BCUT2D eigenvalue weighted by atomic mass is 10.2. The fourth-order valence-electron chi connectivity index (χ4n) is 2.32. The number of anilines is 1. The number of aromatic nitrogens is 2. The number of hydrogen-bond donors (Lipinski definition) is 1. The van der Waals surface area contributed by atoms with Crippen LogP contribution in [0.25, 0.3) is 10.2 Å². The SMILES string of the molecule is CCc1cc2c(NC3CCN(C)C3=O)ncnc2s1. The number of hydrogen-bond acceptors (Lipinski definition) is 5. The number of carbonyl (C=O) groups excluding carboxylic acids is 1. The van der Waals surface area contributed by atoms with Gasteiger partial charge in [-0.15, -0.1) is 11.3 Å². The Kier molecular flexibility index (Phi) is 3.10. The minimum atomic E-state index is -0.159. The van der Waals surface area contributed by atoms with Gasteiger partial charge in [-0.2, -0.15) is 0 Å². The van der Waals surface area contributed by atoms with Gasteiger partial charge >= 0.3 is 0 Å². The van der Waals surface area contributed by atoms with Gasteiger partial charge in [0, 0.05) is 18.5 Å². The standard InChI is InChI=1S/C13H16N4OS/c1-3-8-6-9-11(14-7-15-12(9)19-8)16-10-4-5-17(2)13(10)18/h6-7,10H,3-5H2,1-2H3,(H,14,15,16). The lowest BCUT2D eigenvalue weighted by Gasteiger charge is -2.13. The van der Waals surface area contributed by atoms with Crippen LogP contribution in [0.3, 0.4) is 0 Å². The van der Waals surface area contributed by atoms with E-state index in [1.807, 2.05) is 7.05 Å². The van der Waals surface area contributed by atoms with Gasteiger partial charge in [-0.1, -0.05) is 6.92 Å². The molecule has 5 nitrogen and oxygen atoms in total. The molecule has 1 atom stereocenters. The Morgan fingerprint density at radius 2 is 2.37 bits per heavy atom. The molecule has 1 amide bonds. The van der Waals surface area contributed by atoms with Crippen LogP contribution in [0.1, 0.15) is 18.2 Å². The summed E-state index contributed by atoms with van der Waals surface area (Å²) < 4.78 is 0. The average molecular weight is 276 g/mol. The molecule has 0 spiro atoms. The highest BCUT2D eigenvalue weighted by molar-refractivity contribution is 7.18. The van der Waals surface area contributed by atoms with Crippen molar-refractivity contribution in [2.24, 2.45) is 0 Å². The lowest BCUT2D eigenvalue weighted by Crippen LogP contribution is -2.31. The molecule has 0 aliphatic carbocycles. The highest BCUT2D eigenvalue weighted by Gasteiger charge is 2.29. The molecule has 0 aromatic carbocycles. The van der Waals surface area contributed by atoms with E-state index in [4.69, 9.17) is 0 Å². The summed E-state index contributed by atoms with van der Waals surface area (Å²) in [4.78, 5) is 24.5. The molecule has 3 heterocycles. The zero-order chi connectivity index (χ0) is 13.4. The van der Waals surface area contributed by atoms with Crippen LogP contribution in [-0.4, -0.2) is 40.4 Å². The van der Waals surface area contributed by atoms with Gasteiger partial charge in [0.05, 0.1) is 5.39 Å². The van der Waals surface area contributed by atoms with Crippen molar-refractivity contribution in [3.63, 3.8) is 0 Å². The highest BCUT2D eigenvalue weighted by Crippen LogP contribution is 2.29. The second-order valence-electron chi connectivity index (χ2n) is 4.75. The first-order valence-corrected chi connectivity index (χ1v) is 7.25. The van der Waals surface area contributed by atoms with Crippen LogP contribution in [0.5, 0.6) is 0 Å². The van der Waals surface area contributed by atoms with Crippen molar-refractivity contribution in [1.82, 2.24) is 14.9 Å². The third-order valence-electron chi connectivity index (χ3n) is 3.47. The quantitative estimate of drug-likeness (QED) is 0.930. The number of carbonyl (C=O) groups is 1. The third-order valence-corrected chi connectivity index (χ3v) is 4.65. The van der Waals surface area contributed by atoms with Gasteiger partial charge in [-0.05, 0) is 18.9 Å². The van der Waals surface area contributed by atoms with Crippen molar-refractivity contribution < 1.29 is 4.79 Å². The van der Waals surface area contributed by atoms with Crippen LogP contribution in [0.15, 0.2) is 12.4 Å². The second-order valence-corrected chi connectivity index (χ2v) is 5.87. The van der Waals surface area contributed by atoms with E-state index in [2.05, 4.69) is 28.3 Å². The maximum atomic E-state index is 11.9. The maximum Gasteiger partial charge on any atom is 0.244 e. The molecule has 3 rings (SSSR count). The highest BCUT2D eigenvalue weighted by atomic mass is 32.1. The minimum Gasteiger partial charge on any atom is -0.358 e. The summed E-state index contributed by atoms with van der Waals surface area (Å²) in [5, 5.41) is 4.29. The Hall–Kier alpha value is -1.69. The Morgan fingerprint density at radius 3 is 3.05 bits per heavy atom. The predicted octanol–water partition coefficient (Wildman–Crippen LogP) is 1.90. The van der Waals surface area contributed by atoms with Crippen molar-refractivity contribution in [3.05, 3.63) is 17.3 Å². The lowest BCUT2D eigenvalue weighted by molar-refractivity contribution is -0.127. The summed E-state index contributed by atoms with van der Waals surface area (Å²) in [6, 6.07) is 1.96. The molecular formula is C13H16N4OS. The van der Waals surface area contributed by atoms with Gasteiger partial charge in [-0.3, -0.25) is 4.79 Å². The number of fused-ring (bicyclic) bond motifs is 1. The molecule has 0 saturated carbocycles. The monoisotopic (exact) mass is 276 g/mol. The minimum absolute atomic E-state index is 0.137. The number of likely N-dealkylation sites (tertiary alicyclic amines) is 1. The second kappa shape index (κ2) is 4.77. The van der Waals surface area contributed by atoms with Crippen molar-refractivity contribution in [3.8, 4) is 0 Å². The molecule has 2 aromatic rings. The van der Waals surface area contributed by atoms with Crippen LogP contribution in [0.4, 0.5) is 5.82 Å². The zero-order valence-electron chi connectivity index (χ0n) is 11.0. The number of aryl methyl sites for hydroxylation is 1. The summed E-state index contributed by atoms with van der Waals surface area (Å²) in [5.41, 5.74) is 0. The number of amides is 1. The van der Waals surface area contributed by atoms with Gasteiger partial charge in [-0.25, -0.2) is 9.97 Å². The molecule has 2 aromatic heterocycles. The Morgan fingerprint density at radius 1 is 1.53 bits per heavy atom. The number of rotatable bonds is 3. The molecule has 19 heavy (non-hydrogen) atoms. The summed E-state index contributed by atoms with van der Waals surface area (Å²) in [6.45, 7) is 2.93. The van der Waals surface area contributed by atoms with Crippen molar-refractivity contribution >= 4 is 33.3 Å². The van der Waals surface area contributed by atoms with Gasteiger partial charge in [0.2, 0.25) is 5.91 Å². The molecule has 1 saturated heterocycles. The van der Waals surface area contributed by atoms with E-state index in [1.54, 1.807) is 22.6 Å². The van der Waals surface area contributed by atoms with Crippen molar-refractivity contribution in [2.75, 3.05) is 18.9 Å². The Bertz CT molecular complexity index is 624. The van der Waals surface area contributed by atoms with Gasteiger partial charge in [0.1, 0.15) is 23.0 Å². The molecule has 1 aliphatic rings. The number of nitrogens with zero attached hydrogens (tertiary/aromatic N) is 3. The van der Waals surface area contributed by atoms with Gasteiger partial charge in [0.25, 0.3) is 0 Å². The van der Waals surface area contributed by atoms with E-state index in [-0.39, 0.29) is 11.9 Å². The third kappa shape index (κ3) is 2.16. The molecule has 1 fully saturated rings. The number of nitrogens with one attached hydrogen (secondary N) is 1. The van der Waals surface area contributed by atoms with Gasteiger partial charge in [0.15, 0.2) is 0 Å². The molecule has 1 N–H and O–H groups in total. The van der Waals surface area contributed by atoms with Crippen molar-refractivity contribution in [1.29, 1.82) is 0 Å². The van der Waals surface area contributed by atoms with E-state index in [0.717, 1.165) is 35.4 Å². The van der Waals surface area contributed by atoms with Crippen LogP contribution in [0, 0.1) is 0 Å². The van der Waals surface area contributed by atoms with Crippen molar-refractivity contribution in [2.45, 2.75) is 25.8 Å². The molecule has 0 bridgehead atoms. The van der Waals surface area contributed by atoms with E-state index in [9.17, 15) is 4.79 Å². The fraction of sp³-hybridized carbons (Fsp3) is 0.462. The smallest absolute Gasteiger partial charge is 0.244 e. The predicted molar refractivity (Wildman–Crippen MR) is 76.5 cm³/mol. The molecule has 100 valence electrons. The largest absolute Gasteiger partial charge is 0.358 e. The molecule has 6 heteroatoms. The van der Waals surface area contributed by atoms with Crippen LogP contribution < -0.4 is 5.32 Å². The summed E-state index contributed by atoms with van der Waals surface area (Å²) in [7, 11) is 1.83.